The molecule has 0 aromatic carbocycles. The van der Waals surface area contributed by atoms with Gasteiger partial charge in [-0.15, -0.1) is 0 Å². The Kier molecular flexibility index (Phi) is 8.07. The zero-order chi connectivity index (χ0) is 14.1. The van der Waals surface area contributed by atoms with E-state index in [0.29, 0.717) is 12.3 Å². The molecule has 19 heavy (non-hydrogen) atoms. The molecule has 1 heterocycles. The monoisotopic (exact) mass is 269 g/mol. The van der Waals surface area contributed by atoms with Crippen LogP contribution in [-0.4, -0.2) is 62.0 Å². The summed E-state index contributed by atoms with van der Waals surface area (Å²) in [5, 5.41) is 3.00. The van der Waals surface area contributed by atoms with Crippen LogP contribution in [0.5, 0.6) is 0 Å². The number of likely N-dealkylation sites (N-methyl/N-ethyl adjacent to an activating group) is 1. The molecule has 0 atom stereocenters. The van der Waals surface area contributed by atoms with Crippen LogP contribution in [0.2, 0.25) is 0 Å². The van der Waals surface area contributed by atoms with E-state index in [1.807, 2.05) is 0 Å². The van der Waals surface area contributed by atoms with Gasteiger partial charge in [0.25, 0.3) is 0 Å². The lowest BCUT2D eigenvalue weighted by Gasteiger charge is -2.32. The van der Waals surface area contributed by atoms with E-state index in [0.717, 1.165) is 13.0 Å². The van der Waals surface area contributed by atoms with Gasteiger partial charge in [0.05, 0.1) is 0 Å². The summed E-state index contributed by atoms with van der Waals surface area (Å²) in [5.41, 5.74) is 0. The first-order chi connectivity index (χ1) is 9.08. The molecule has 0 aliphatic carbocycles. The first kappa shape index (κ1) is 16.4. The van der Waals surface area contributed by atoms with Gasteiger partial charge >= 0.3 is 0 Å². The van der Waals surface area contributed by atoms with E-state index in [1.165, 1.54) is 45.6 Å². The standard InChI is InChI=1S/C15H31N3O/c1-14(2)13-15(19)16-7-5-4-6-8-18-11-9-17(3)10-12-18/h14H,4-13H2,1-3H3,(H,16,19). The molecule has 1 aliphatic rings. The summed E-state index contributed by atoms with van der Waals surface area (Å²) < 4.78 is 0. The van der Waals surface area contributed by atoms with Gasteiger partial charge in [-0.25, -0.2) is 0 Å². The maximum absolute atomic E-state index is 11.4. The van der Waals surface area contributed by atoms with Crippen LogP contribution in [0.1, 0.15) is 39.5 Å². The van der Waals surface area contributed by atoms with Gasteiger partial charge in [-0.05, 0) is 32.4 Å². The van der Waals surface area contributed by atoms with Crippen LogP contribution in [0.25, 0.3) is 0 Å². The minimum atomic E-state index is 0.203. The Morgan fingerprint density at radius 3 is 2.42 bits per heavy atom. The highest BCUT2D eigenvalue weighted by Crippen LogP contribution is 2.03. The molecule has 4 nitrogen and oxygen atoms in total. The highest BCUT2D eigenvalue weighted by Gasteiger charge is 2.12. The van der Waals surface area contributed by atoms with Crippen molar-refractivity contribution in [1.82, 2.24) is 15.1 Å². The van der Waals surface area contributed by atoms with Gasteiger partial charge in [0.1, 0.15) is 0 Å². The van der Waals surface area contributed by atoms with Gasteiger partial charge in [-0.3, -0.25) is 4.79 Å². The number of piperazine rings is 1. The maximum atomic E-state index is 11.4. The number of hydrogen-bond donors (Lipinski definition) is 1. The second kappa shape index (κ2) is 9.32. The fourth-order valence-electron chi connectivity index (χ4n) is 2.38. The number of carbonyl (C=O) groups excluding carboxylic acids is 1. The van der Waals surface area contributed by atoms with Crippen molar-refractivity contribution in [3.8, 4) is 0 Å². The molecule has 0 radical (unpaired) electrons. The summed E-state index contributed by atoms with van der Waals surface area (Å²) in [6.07, 6.45) is 4.23. The maximum Gasteiger partial charge on any atom is 0.220 e. The van der Waals surface area contributed by atoms with Crippen LogP contribution >= 0.6 is 0 Å². The first-order valence-electron chi connectivity index (χ1n) is 7.75. The molecule has 4 heteroatoms. The van der Waals surface area contributed by atoms with Gasteiger partial charge in [0, 0.05) is 39.1 Å². The minimum absolute atomic E-state index is 0.203. The van der Waals surface area contributed by atoms with E-state index in [4.69, 9.17) is 0 Å². The number of hydrogen-bond acceptors (Lipinski definition) is 3. The third-order valence-electron chi connectivity index (χ3n) is 3.66. The lowest BCUT2D eigenvalue weighted by Crippen LogP contribution is -2.44. The Balaban J connectivity index is 1.90. The van der Waals surface area contributed by atoms with Crippen molar-refractivity contribution in [2.45, 2.75) is 39.5 Å². The van der Waals surface area contributed by atoms with Crippen molar-refractivity contribution in [1.29, 1.82) is 0 Å². The number of amides is 1. The molecule has 1 amide bonds. The lowest BCUT2D eigenvalue weighted by atomic mass is 10.1. The van der Waals surface area contributed by atoms with Crippen molar-refractivity contribution < 1.29 is 4.79 Å². The molecular formula is C15H31N3O. The van der Waals surface area contributed by atoms with E-state index < -0.39 is 0 Å². The zero-order valence-electron chi connectivity index (χ0n) is 13.0. The Morgan fingerprint density at radius 2 is 1.79 bits per heavy atom. The van der Waals surface area contributed by atoms with Gasteiger partial charge in [0.2, 0.25) is 5.91 Å². The van der Waals surface area contributed by atoms with E-state index in [9.17, 15) is 4.79 Å². The van der Waals surface area contributed by atoms with Crippen LogP contribution in [0.4, 0.5) is 0 Å². The summed E-state index contributed by atoms with van der Waals surface area (Å²) in [7, 11) is 2.19. The Bertz CT molecular complexity index is 248. The molecular weight excluding hydrogens is 238 g/mol. The summed E-state index contributed by atoms with van der Waals surface area (Å²) in [4.78, 5) is 16.4. The molecule has 0 saturated carbocycles. The molecule has 0 aromatic rings. The van der Waals surface area contributed by atoms with Crippen LogP contribution < -0.4 is 5.32 Å². The smallest absolute Gasteiger partial charge is 0.220 e. The largest absolute Gasteiger partial charge is 0.356 e. The number of rotatable bonds is 8. The van der Waals surface area contributed by atoms with Gasteiger partial charge in [-0.1, -0.05) is 20.3 Å². The van der Waals surface area contributed by atoms with Crippen LogP contribution in [-0.2, 0) is 4.79 Å². The van der Waals surface area contributed by atoms with Crippen LogP contribution in [0.3, 0.4) is 0 Å². The van der Waals surface area contributed by atoms with Crippen molar-refractivity contribution in [3.63, 3.8) is 0 Å². The lowest BCUT2D eigenvalue weighted by molar-refractivity contribution is -0.121. The summed E-state index contributed by atoms with van der Waals surface area (Å²) in [5.74, 6) is 0.659. The highest BCUT2D eigenvalue weighted by atomic mass is 16.1. The van der Waals surface area contributed by atoms with Crippen LogP contribution in [0, 0.1) is 5.92 Å². The molecule has 1 rings (SSSR count). The molecule has 1 saturated heterocycles. The van der Waals surface area contributed by atoms with Gasteiger partial charge in [0.15, 0.2) is 0 Å². The molecule has 1 aliphatic heterocycles. The average molecular weight is 269 g/mol. The van der Waals surface area contributed by atoms with Gasteiger partial charge in [-0.2, -0.15) is 0 Å². The number of carbonyl (C=O) groups is 1. The van der Waals surface area contributed by atoms with Crippen molar-refractivity contribution in [3.05, 3.63) is 0 Å². The van der Waals surface area contributed by atoms with Crippen molar-refractivity contribution in [2.75, 3.05) is 46.3 Å². The van der Waals surface area contributed by atoms with Gasteiger partial charge < -0.3 is 15.1 Å². The first-order valence-corrected chi connectivity index (χ1v) is 7.75. The number of nitrogens with zero attached hydrogens (tertiary/aromatic N) is 2. The zero-order valence-corrected chi connectivity index (χ0v) is 13.0. The predicted octanol–water partition coefficient (Wildman–Crippen LogP) is 1.57. The molecule has 112 valence electrons. The number of unbranched alkanes of at least 4 members (excludes halogenated alkanes) is 2. The second-order valence-corrected chi connectivity index (χ2v) is 6.15. The Morgan fingerprint density at radius 1 is 1.11 bits per heavy atom. The van der Waals surface area contributed by atoms with E-state index in [-0.39, 0.29) is 5.91 Å². The fourth-order valence-corrected chi connectivity index (χ4v) is 2.38. The SMILES string of the molecule is CC(C)CC(=O)NCCCCCN1CCN(C)CC1. The van der Waals surface area contributed by atoms with Crippen LogP contribution in [0.15, 0.2) is 0 Å². The topological polar surface area (TPSA) is 35.6 Å². The molecule has 0 bridgehead atoms. The fraction of sp³-hybridized carbons (Fsp3) is 0.933. The van der Waals surface area contributed by atoms with E-state index in [2.05, 4.69) is 36.0 Å². The minimum Gasteiger partial charge on any atom is -0.356 e. The average Bonchev–Trinajstić information content (AvgIpc) is 2.35. The van der Waals surface area contributed by atoms with Crippen molar-refractivity contribution in [2.24, 2.45) is 5.92 Å². The van der Waals surface area contributed by atoms with Crippen molar-refractivity contribution >= 4 is 5.91 Å². The quantitative estimate of drug-likeness (QED) is 0.679. The normalized spacial score (nSPS) is 17.9. The predicted molar refractivity (Wildman–Crippen MR) is 80.3 cm³/mol. The third-order valence-corrected chi connectivity index (χ3v) is 3.66. The summed E-state index contributed by atoms with van der Waals surface area (Å²) >= 11 is 0. The Hall–Kier alpha value is -0.610. The second-order valence-electron chi connectivity index (χ2n) is 6.15. The summed E-state index contributed by atoms with van der Waals surface area (Å²) in [6.45, 7) is 11.0. The number of nitrogens with one attached hydrogen (secondary N) is 1. The highest BCUT2D eigenvalue weighted by molar-refractivity contribution is 5.75. The summed E-state index contributed by atoms with van der Waals surface area (Å²) in [6, 6.07) is 0. The molecule has 0 aromatic heterocycles. The molecule has 1 fully saturated rings. The van der Waals surface area contributed by atoms with E-state index >= 15 is 0 Å². The third kappa shape index (κ3) is 8.22. The Labute approximate surface area is 118 Å². The van der Waals surface area contributed by atoms with E-state index in [1.54, 1.807) is 0 Å². The molecule has 1 N–H and O–H groups in total. The molecule has 0 spiro atoms. The molecule has 0 unspecified atom stereocenters.